The van der Waals surface area contributed by atoms with Crippen LogP contribution in [-0.4, -0.2) is 41.3 Å². The van der Waals surface area contributed by atoms with E-state index in [4.69, 9.17) is 9.47 Å². The van der Waals surface area contributed by atoms with Crippen molar-refractivity contribution in [2.75, 3.05) is 13.7 Å². The van der Waals surface area contributed by atoms with Crippen LogP contribution in [0.2, 0.25) is 0 Å². The van der Waals surface area contributed by atoms with Crippen LogP contribution < -0.4 is 9.47 Å². The van der Waals surface area contributed by atoms with Gasteiger partial charge in [0.1, 0.15) is 17.3 Å². The first-order valence-corrected chi connectivity index (χ1v) is 10.1. The molecule has 2 aromatic rings. The number of rotatable bonds is 7. The van der Waals surface area contributed by atoms with Crippen molar-refractivity contribution in [1.82, 2.24) is 4.90 Å². The van der Waals surface area contributed by atoms with Gasteiger partial charge in [0.25, 0.3) is 11.7 Å². The number of ether oxygens (including phenoxy) is 2. The summed E-state index contributed by atoms with van der Waals surface area (Å²) in [6, 6.07) is 12.5. The second-order valence-electron chi connectivity index (χ2n) is 7.24. The number of likely N-dealkylation sites (tertiary alicyclic amines) is 1. The minimum Gasteiger partial charge on any atom is -0.507 e. The Labute approximate surface area is 180 Å². The number of hydrogen-bond acceptors (Lipinski definition) is 6. The van der Waals surface area contributed by atoms with Crippen molar-refractivity contribution in [3.8, 4) is 11.5 Å². The summed E-state index contributed by atoms with van der Waals surface area (Å²) >= 11 is 0. The Morgan fingerprint density at radius 3 is 2.19 bits per heavy atom. The van der Waals surface area contributed by atoms with Crippen molar-refractivity contribution in [3.05, 3.63) is 65.2 Å². The molecule has 1 heterocycles. The van der Waals surface area contributed by atoms with Crippen LogP contribution in [0, 0.1) is 0 Å². The highest BCUT2D eigenvalue weighted by atomic mass is 16.5. The number of methoxy groups -OCH3 is 1. The van der Waals surface area contributed by atoms with Gasteiger partial charge in [0.2, 0.25) is 0 Å². The number of unbranched alkanes of at least 4 members (excludes halogenated alkanes) is 1. The third-order valence-corrected chi connectivity index (χ3v) is 5.11. The third kappa shape index (κ3) is 4.60. The van der Waals surface area contributed by atoms with Gasteiger partial charge < -0.3 is 19.5 Å². The van der Waals surface area contributed by atoms with E-state index in [1.165, 1.54) is 18.9 Å². The maximum atomic E-state index is 12.9. The van der Waals surface area contributed by atoms with Crippen LogP contribution in [0.25, 0.3) is 5.76 Å². The Bertz CT molecular complexity index is 1010. The second kappa shape index (κ2) is 9.47. The molecule has 1 atom stereocenters. The Kier molecular flexibility index (Phi) is 6.74. The standard InChI is InChI=1S/C24H25NO6/c1-4-5-14-25-21(16-6-12-19(13-7-16)31-15(2)26)20(23(28)24(25)29)22(27)17-8-10-18(30-3)11-9-17/h6-13,21,27H,4-5,14H2,1-3H3/b22-20-. The molecule has 1 amide bonds. The second-order valence-corrected chi connectivity index (χ2v) is 7.24. The van der Waals surface area contributed by atoms with E-state index in [2.05, 4.69) is 0 Å². The molecule has 7 heteroatoms. The van der Waals surface area contributed by atoms with Crippen LogP contribution >= 0.6 is 0 Å². The molecule has 0 radical (unpaired) electrons. The Morgan fingerprint density at radius 1 is 1.03 bits per heavy atom. The first-order chi connectivity index (χ1) is 14.9. The van der Waals surface area contributed by atoms with Crippen molar-refractivity contribution in [2.24, 2.45) is 0 Å². The average molecular weight is 423 g/mol. The molecule has 0 aromatic heterocycles. The van der Waals surface area contributed by atoms with Crippen molar-refractivity contribution < 1.29 is 29.0 Å². The zero-order valence-electron chi connectivity index (χ0n) is 17.8. The molecular weight excluding hydrogens is 398 g/mol. The van der Waals surface area contributed by atoms with Crippen molar-refractivity contribution in [3.63, 3.8) is 0 Å². The minimum absolute atomic E-state index is 0.0338. The lowest BCUT2D eigenvalue weighted by Gasteiger charge is -2.25. The first-order valence-electron chi connectivity index (χ1n) is 10.1. The fraction of sp³-hybridized carbons (Fsp3) is 0.292. The van der Waals surface area contributed by atoms with Crippen molar-refractivity contribution in [2.45, 2.75) is 32.7 Å². The van der Waals surface area contributed by atoms with E-state index in [-0.39, 0.29) is 11.3 Å². The monoisotopic (exact) mass is 423 g/mol. The summed E-state index contributed by atoms with van der Waals surface area (Å²) in [6.45, 7) is 3.69. The molecule has 0 aliphatic carbocycles. The quantitative estimate of drug-likeness (QED) is 0.239. The molecule has 0 bridgehead atoms. The van der Waals surface area contributed by atoms with Crippen LogP contribution in [0.5, 0.6) is 11.5 Å². The van der Waals surface area contributed by atoms with Gasteiger partial charge >= 0.3 is 5.97 Å². The maximum absolute atomic E-state index is 12.9. The number of esters is 1. The van der Waals surface area contributed by atoms with E-state index in [1.54, 1.807) is 48.5 Å². The normalized spacial score (nSPS) is 17.6. The van der Waals surface area contributed by atoms with Gasteiger partial charge in [0.15, 0.2) is 0 Å². The van der Waals surface area contributed by atoms with Gasteiger partial charge in [-0.1, -0.05) is 25.5 Å². The van der Waals surface area contributed by atoms with Crippen LogP contribution in [0.15, 0.2) is 54.1 Å². The minimum atomic E-state index is -0.736. The first kappa shape index (κ1) is 22.1. The van der Waals surface area contributed by atoms with E-state index >= 15 is 0 Å². The molecule has 1 unspecified atom stereocenters. The van der Waals surface area contributed by atoms with E-state index in [1.807, 2.05) is 6.92 Å². The number of nitrogens with zero attached hydrogens (tertiary/aromatic N) is 1. The van der Waals surface area contributed by atoms with Crippen LogP contribution in [0.3, 0.4) is 0 Å². The fourth-order valence-electron chi connectivity index (χ4n) is 3.57. The molecule has 0 spiro atoms. The van der Waals surface area contributed by atoms with Crippen molar-refractivity contribution >= 4 is 23.4 Å². The van der Waals surface area contributed by atoms with Gasteiger partial charge in [-0.25, -0.2) is 0 Å². The molecule has 0 saturated carbocycles. The summed E-state index contributed by atoms with van der Waals surface area (Å²) in [7, 11) is 1.54. The van der Waals surface area contributed by atoms with Crippen LogP contribution in [0.4, 0.5) is 0 Å². The van der Waals surface area contributed by atoms with E-state index in [9.17, 15) is 19.5 Å². The molecule has 1 fully saturated rings. The third-order valence-electron chi connectivity index (χ3n) is 5.11. The van der Waals surface area contributed by atoms with Gasteiger partial charge in [-0.05, 0) is 48.4 Å². The molecular formula is C24H25NO6. The summed E-state index contributed by atoms with van der Waals surface area (Å²) in [6.07, 6.45) is 1.57. The lowest BCUT2D eigenvalue weighted by molar-refractivity contribution is -0.139. The van der Waals surface area contributed by atoms with Gasteiger partial charge in [-0.2, -0.15) is 0 Å². The summed E-state index contributed by atoms with van der Waals surface area (Å²) in [5, 5.41) is 11.0. The SMILES string of the molecule is CCCCN1C(=O)C(=O)/C(=C(\O)c2ccc(OC)cc2)C1c1ccc(OC(C)=O)cc1. The molecule has 1 aliphatic heterocycles. The number of hydrogen-bond donors (Lipinski definition) is 1. The van der Waals surface area contributed by atoms with Gasteiger partial charge in [0, 0.05) is 19.0 Å². The summed E-state index contributed by atoms with van der Waals surface area (Å²) in [5.41, 5.74) is 1.09. The zero-order valence-corrected chi connectivity index (χ0v) is 17.8. The van der Waals surface area contributed by atoms with Crippen LogP contribution in [-0.2, 0) is 14.4 Å². The summed E-state index contributed by atoms with van der Waals surface area (Å²) < 4.78 is 10.2. The molecule has 31 heavy (non-hydrogen) atoms. The lowest BCUT2D eigenvalue weighted by atomic mass is 9.95. The number of ketones is 1. The molecule has 1 N–H and O–H groups in total. The number of aliphatic hydroxyl groups is 1. The number of aliphatic hydroxyl groups excluding tert-OH is 1. The molecule has 7 nitrogen and oxygen atoms in total. The molecule has 3 rings (SSSR count). The highest BCUT2D eigenvalue weighted by Crippen LogP contribution is 2.40. The van der Waals surface area contributed by atoms with E-state index in [0.29, 0.717) is 29.2 Å². The highest BCUT2D eigenvalue weighted by Gasteiger charge is 2.45. The van der Waals surface area contributed by atoms with E-state index < -0.39 is 23.7 Å². The Balaban J connectivity index is 2.08. The largest absolute Gasteiger partial charge is 0.507 e. The fourth-order valence-corrected chi connectivity index (χ4v) is 3.57. The molecule has 1 saturated heterocycles. The molecule has 2 aromatic carbocycles. The van der Waals surface area contributed by atoms with Crippen LogP contribution in [0.1, 0.15) is 43.9 Å². The average Bonchev–Trinajstić information content (AvgIpc) is 3.02. The van der Waals surface area contributed by atoms with Crippen molar-refractivity contribution in [1.29, 1.82) is 0 Å². The molecule has 162 valence electrons. The summed E-state index contributed by atoms with van der Waals surface area (Å²) in [4.78, 5) is 38.4. The zero-order chi connectivity index (χ0) is 22.5. The topological polar surface area (TPSA) is 93.1 Å². The number of carbonyl (C=O) groups excluding carboxylic acids is 3. The Morgan fingerprint density at radius 2 is 1.65 bits per heavy atom. The maximum Gasteiger partial charge on any atom is 0.308 e. The smallest absolute Gasteiger partial charge is 0.308 e. The lowest BCUT2D eigenvalue weighted by Crippen LogP contribution is -2.30. The van der Waals surface area contributed by atoms with Gasteiger partial charge in [-0.3, -0.25) is 14.4 Å². The number of benzene rings is 2. The molecule has 1 aliphatic rings. The summed E-state index contributed by atoms with van der Waals surface area (Å²) in [5.74, 6) is -1.08. The predicted octanol–water partition coefficient (Wildman–Crippen LogP) is 3.84. The highest BCUT2D eigenvalue weighted by molar-refractivity contribution is 6.46. The number of amides is 1. The van der Waals surface area contributed by atoms with Gasteiger partial charge in [-0.15, -0.1) is 0 Å². The van der Waals surface area contributed by atoms with E-state index in [0.717, 1.165) is 12.8 Å². The Hall–Kier alpha value is -3.61. The van der Waals surface area contributed by atoms with Gasteiger partial charge in [0.05, 0.1) is 18.7 Å². The number of carbonyl (C=O) groups is 3. The number of Topliss-reactive ketones (excluding diaryl/α,β-unsaturated/α-hetero) is 1. The predicted molar refractivity (Wildman–Crippen MR) is 115 cm³/mol.